The quantitative estimate of drug-likeness (QED) is 0.722. The molecule has 0 aromatic carbocycles. The lowest BCUT2D eigenvalue weighted by molar-refractivity contribution is 0.186. The summed E-state index contributed by atoms with van der Waals surface area (Å²) in [7, 11) is 0. The number of hydrogen-bond acceptors (Lipinski definition) is 2. The smallest absolute Gasteiger partial charge is 0.00483 e. The molecule has 13 heavy (non-hydrogen) atoms. The van der Waals surface area contributed by atoms with E-state index in [1.165, 1.54) is 38.9 Å². The first kappa shape index (κ1) is 11.0. The Morgan fingerprint density at radius 2 is 2.00 bits per heavy atom. The summed E-state index contributed by atoms with van der Waals surface area (Å²) in [6, 6.07) is 0.416. The Morgan fingerprint density at radius 1 is 1.38 bits per heavy atom. The second-order valence-electron chi connectivity index (χ2n) is 4.48. The second-order valence-corrected chi connectivity index (χ2v) is 4.48. The molecule has 1 atom stereocenters. The fourth-order valence-corrected chi connectivity index (χ4v) is 1.84. The van der Waals surface area contributed by atoms with Crippen LogP contribution in [0.15, 0.2) is 0 Å². The van der Waals surface area contributed by atoms with Crippen LogP contribution in [0.3, 0.4) is 0 Å². The van der Waals surface area contributed by atoms with Gasteiger partial charge in [-0.15, -0.1) is 0 Å². The summed E-state index contributed by atoms with van der Waals surface area (Å²) in [5.74, 6) is 0.941. The molecule has 0 bridgehead atoms. The molecule has 1 heterocycles. The van der Waals surface area contributed by atoms with Gasteiger partial charge in [-0.3, -0.25) is 0 Å². The summed E-state index contributed by atoms with van der Waals surface area (Å²) in [6.07, 6.45) is 5.04. The van der Waals surface area contributed by atoms with Gasteiger partial charge in [-0.2, -0.15) is 0 Å². The zero-order valence-electron chi connectivity index (χ0n) is 9.13. The van der Waals surface area contributed by atoms with Crippen molar-refractivity contribution in [3.8, 4) is 0 Å². The van der Waals surface area contributed by atoms with Crippen molar-refractivity contribution < 1.29 is 0 Å². The van der Waals surface area contributed by atoms with Gasteiger partial charge in [0.1, 0.15) is 0 Å². The minimum atomic E-state index is 0.416. The molecule has 2 heteroatoms. The van der Waals surface area contributed by atoms with E-state index in [1.54, 1.807) is 0 Å². The number of rotatable bonds is 4. The van der Waals surface area contributed by atoms with Gasteiger partial charge in [-0.25, -0.2) is 0 Å². The molecule has 1 aliphatic rings. The van der Waals surface area contributed by atoms with Crippen LogP contribution in [0.25, 0.3) is 0 Å². The minimum absolute atomic E-state index is 0.416. The summed E-state index contributed by atoms with van der Waals surface area (Å²) in [5, 5.41) is 0. The first-order valence-electron chi connectivity index (χ1n) is 5.70. The largest absolute Gasteiger partial charge is 0.328 e. The molecule has 2 N–H and O–H groups in total. The number of nitrogens with two attached hydrogens (primary N) is 1. The van der Waals surface area contributed by atoms with Crippen LogP contribution in [-0.2, 0) is 0 Å². The van der Waals surface area contributed by atoms with Crippen LogP contribution < -0.4 is 5.73 Å². The number of piperidine rings is 1. The lowest BCUT2D eigenvalue weighted by atomic mass is 9.99. The molecule has 0 amide bonds. The summed E-state index contributed by atoms with van der Waals surface area (Å²) >= 11 is 0. The molecular weight excluding hydrogens is 160 g/mol. The van der Waals surface area contributed by atoms with Gasteiger partial charge in [-0.05, 0) is 51.2 Å². The predicted octanol–water partition coefficient (Wildman–Crippen LogP) is 1.85. The number of likely N-dealkylation sites (tertiary alicyclic amines) is 1. The molecule has 2 nitrogen and oxygen atoms in total. The fourth-order valence-electron chi connectivity index (χ4n) is 1.84. The molecule has 0 aromatic rings. The molecule has 0 spiro atoms. The molecule has 0 radical (unpaired) electrons. The van der Waals surface area contributed by atoms with E-state index in [9.17, 15) is 0 Å². The molecule has 1 fully saturated rings. The molecule has 78 valence electrons. The predicted molar refractivity (Wildman–Crippen MR) is 57.7 cm³/mol. The van der Waals surface area contributed by atoms with Crippen LogP contribution >= 0.6 is 0 Å². The van der Waals surface area contributed by atoms with E-state index in [-0.39, 0.29) is 0 Å². The highest BCUT2D eigenvalue weighted by molar-refractivity contribution is 4.71. The fraction of sp³-hybridized carbons (Fsp3) is 1.00. The van der Waals surface area contributed by atoms with Crippen molar-refractivity contribution in [3.05, 3.63) is 0 Å². The van der Waals surface area contributed by atoms with Gasteiger partial charge in [-0.1, -0.05) is 13.8 Å². The maximum absolute atomic E-state index is 5.89. The Hall–Kier alpha value is -0.0800. The third-order valence-corrected chi connectivity index (χ3v) is 3.22. The summed E-state index contributed by atoms with van der Waals surface area (Å²) < 4.78 is 0. The van der Waals surface area contributed by atoms with E-state index >= 15 is 0 Å². The van der Waals surface area contributed by atoms with E-state index in [0.29, 0.717) is 6.04 Å². The number of hydrogen-bond donors (Lipinski definition) is 1. The van der Waals surface area contributed by atoms with Crippen molar-refractivity contribution >= 4 is 0 Å². The molecule has 1 unspecified atom stereocenters. The van der Waals surface area contributed by atoms with Gasteiger partial charge in [0.2, 0.25) is 0 Å². The van der Waals surface area contributed by atoms with Gasteiger partial charge < -0.3 is 10.6 Å². The van der Waals surface area contributed by atoms with Crippen LogP contribution in [0.5, 0.6) is 0 Å². The molecule has 1 aliphatic heterocycles. The highest BCUT2D eigenvalue weighted by Crippen LogP contribution is 2.16. The SMILES string of the molecule is CCC(N)CCN1CCC(C)CC1. The second kappa shape index (κ2) is 5.61. The number of nitrogens with zero attached hydrogens (tertiary/aromatic N) is 1. The average Bonchev–Trinajstić information content (AvgIpc) is 2.16. The van der Waals surface area contributed by atoms with Gasteiger partial charge >= 0.3 is 0 Å². The van der Waals surface area contributed by atoms with E-state index in [4.69, 9.17) is 5.73 Å². The van der Waals surface area contributed by atoms with Crippen molar-refractivity contribution in [3.63, 3.8) is 0 Å². The highest BCUT2D eigenvalue weighted by Gasteiger charge is 2.15. The summed E-state index contributed by atoms with van der Waals surface area (Å²) in [6.45, 7) is 8.31. The first-order chi connectivity index (χ1) is 6.22. The zero-order valence-corrected chi connectivity index (χ0v) is 9.13. The Balaban J connectivity index is 2.08. The minimum Gasteiger partial charge on any atom is -0.328 e. The van der Waals surface area contributed by atoms with E-state index < -0.39 is 0 Å². The lowest BCUT2D eigenvalue weighted by Crippen LogP contribution is -2.36. The van der Waals surface area contributed by atoms with Gasteiger partial charge in [0, 0.05) is 6.04 Å². The lowest BCUT2D eigenvalue weighted by Gasteiger charge is -2.30. The Bertz CT molecular complexity index is 128. The molecule has 1 rings (SSSR count). The van der Waals surface area contributed by atoms with Crippen LogP contribution in [-0.4, -0.2) is 30.6 Å². The van der Waals surface area contributed by atoms with Crippen molar-refractivity contribution in [1.82, 2.24) is 4.90 Å². The van der Waals surface area contributed by atoms with Crippen LogP contribution in [0.2, 0.25) is 0 Å². The standard InChI is InChI=1S/C11H24N2/c1-3-11(12)6-9-13-7-4-10(2)5-8-13/h10-11H,3-9,12H2,1-2H3. The summed E-state index contributed by atoms with van der Waals surface area (Å²) in [4.78, 5) is 2.56. The van der Waals surface area contributed by atoms with E-state index in [0.717, 1.165) is 12.3 Å². The maximum Gasteiger partial charge on any atom is 0.00483 e. The normalized spacial score (nSPS) is 23.3. The van der Waals surface area contributed by atoms with Gasteiger partial charge in [0.25, 0.3) is 0 Å². The van der Waals surface area contributed by atoms with E-state index in [1.807, 2.05) is 0 Å². The Morgan fingerprint density at radius 3 is 2.54 bits per heavy atom. The third-order valence-electron chi connectivity index (χ3n) is 3.22. The zero-order chi connectivity index (χ0) is 9.68. The van der Waals surface area contributed by atoms with Crippen molar-refractivity contribution in [2.24, 2.45) is 11.7 Å². The van der Waals surface area contributed by atoms with Crippen molar-refractivity contribution in [2.45, 2.75) is 45.6 Å². The van der Waals surface area contributed by atoms with Crippen LogP contribution in [0.4, 0.5) is 0 Å². The Kier molecular flexibility index (Phi) is 4.74. The monoisotopic (exact) mass is 184 g/mol. The van der Waals surface area contributed by atoms with Crippen LogP contribution in [0.1, 0.15) is 39.5 Å². The molecular formula is C11H24N2. The van der Waals surface area contributed by atoms with Gasteiger partial charge in [0.15, 0.2) is 0 Å². The topological polar surface area (TPSA) is 29.3 Å². The van der Waals surface area contributed by atoms with Crippen molar-refractivity contribution in [2.75, 3.05) is 19.6 Å². The molecule has 0 aliphatic carbocycles. The third kappa shape index (κ3) is 4.10. The first-order valence-corrected chi connectivity index (χ1v) is 5.70. The van der Waals surface area contributed by atoms with E-state index in [2.05, 4.69) is 18.7 Å². The molecule has 0 aromatic heterocycles. The summed E-state index contributed by atoms with van der Waals surface area (Å²) in [5.41, 5.74) is 5.89. The molecule has 1 saturated heterocycles. The average molecular weight is 184 g/mol. The van der Waals surface area contributed by atoms with Gasteiger partial charge in [0.05, 0.1) is 0 Å². The maximum atomic E-state index is 5.89. The van der Waals surface area contributed by atoms with Crippen LogP contribution in [0, 0.1) is 5.92 Å². The van der Waals surface area contributed by atoms with Crippen molar-refractivity contribution in [1.29, 1.82) is 0 Å². The molecule has 0 saturated carbocycles. The highest BCUT2D eigenvalue weighted by atomic mass is 15.1. The Labute approximate surface area is 82.5 Å².